The zero-order valence-electron chi connectivity index (χ0n) is 22.7. The number of H-pyrrole nitrogens is 1. The lowest BCUT2D eigenvalue weighted by molar-refractivity contribution is -0.249. The van der Waals surface area contributed by atoms with Crippen LogP contribution in [-0.2, 0) is 4.74 Å². The monoisotopic (exact) mass is 608 g/mol. The predicted octanol–water partition coefficient (Wildman–Crippen LogP) is -0.734. The largest absolute Gasteiger partial charge is 0.508 e. The molecule has 1 fully saturated rings. The van der Waals surface area contributed by atoms with E-state index in [1.54, 1.807) is 12.1 Å². The van der Waals surface area contributed by atoms with Crippen LogP contribution in [0.3, 0.4) is 0 Å². The van der Waals surface area contributed by atoms with Gasteiger partial charge >= 0.3 is 0 Å². The Morgan fingerprint density at radius 1 is 0.864 bits per heavy atom. The molecule has 2 aromatic heterocycles. The molecule has 2 amide bonds. The summed E-state index contributed by atoms with van der Waals surface area (Å²) in [5.74, 6) is -1.98. The van der Waals surface area contributed by atoms with E-state index in [1.165, 1.54) is 28.8 Å². The highest BCUT2D eigenvalue weighted by Crippen LogP contribution is 2.48. The minimum absolute atomic E-state index is 0.0441. The summed E-state index contributed by atoms with van der Waals surface area (Å²) in [6, 6.07) is 7.74. The first-order valence-electron chi connectivity index (χ1n) is 13.8. The van der Waals surface area contributed by atoms with E-state index >= 15 is 0 Å². The number of amides is 2. The maximum Gasteiger partial charge on any atom is 0.276 e. The second-order valence-electron chi connectivity index (χ2n) is 11.0. The predicted molar refractivity (Wildman–Crippen MR) is 153 cm³/mol. The van der Waals surface area contributed by atoms with Gasteiger partial charge in [0.15, 0.2) is 6.23 Å². The van der Waals surface area contributed by atoms with E-state index in [-0.39, 0.29) is 55.5 Å². The van der Waals surface area contributed by atoms with Crippen molar-refractivity contribution in [2.24, 2.45) is 0 Å². The third kappa shape index (κ3) is 3.72. The lowest BCUT2D eigenvalue weighted by atomic mass is 9.96. The lowest BCUT2D eigenvalue weighted by Crippen LogP contribution is -2.56. The number of aromatic hydroxyl groups is 2. The number of aromatic nitrogens is 2. The van der Waals surface area contributed by atoms with E-state index in [2.05, 4.69) is 10.4 Å². The SMILES string of the molecule is O=C1c2c(c3c4ccc(O)cc4n([C@@H]4O[C@H](CO)[C@@H](O)[C@H](O)[C@H]4O)c3c3[nH]c4c(O)cccc4c23)C(=O)N1NC(CO)CO. The molecule has 0 unspecified atom stereocenters. The summed E-state index contributed by atoms with van der Waals surface area (Å²) >= 11 is 0. The van der Waals surface area contributed by atoms with Gasteiger partial charge in [-0.3, -0.25) is 9.59 Å². The van der Waals surface area contributed by atoms with Crippen LogP contribution >= 0.6 is 0 Å². The zero-order chi connectivity index (χ0) is 31.2. The van der Waals surface area contributed by atoms with Crippen molar-refractivity contribution in [2.45, 2.75) is 36.7 Å². The number of fused-ring (bicyclic) bond motifs is 10. The lowest BCUT2D eigenvalue weighted by Gasteiger charge is -2.41. The number of aliphatic hydroxyl groups excluding tert-OH is 6. The Labute approximate surface area is 246 Å². The number of aliphatic hydroxyl groups is 6. The number of para-hydroxylation sites is 1. The van der Waals surface area contributed by atoms with Crippen molar-refractivity contribution in [1.82, 2.24) is 20.0 Å². The number of nitrogens with one attached hydrogen (secondary N) is 2. The third-order valence-electron chi connectivity index (χ3n) is 8.49. The maximum atomic E-state index is 14.1. The molecule has 2 aliphatic heterocycles. The fourth-order valence-corrected chi connectivity index (χ4v) is 6.43. The Balaban J connectivity index is 1.66. The van der Waals surface area contributed by atoms with Gasteiger partial charge in [-0.2, -0.15) is 0 Å². The topological polar surface area (TPSA) is 241 Å². The Bertz CT molecular complexity index is 2000. The molecule has 230 valence electrons. The van der Waals surface area contributed by atoms with Crippen molar-refractivity contribution in [3.05, 3.63) is 47.5 Å². The molecule has 0 bridgehead atoms. The van der Waals surface area contributed by atoms with Crippen molar-refractivity contribution < 1.29 is 55.2 Å². The number of carbonyl (C=O) groups is 2. The fourth-order valence-electron chi connectivity index (χ4n) is 6.43. The summed E-state index contributed by atoms with van der Waals surface area (Å²) in [5.41, 5.74) is 3.29. The first kappa shape index (κ1) is 28.5. The highest BCUT2D eigenvalue weighted by molar-refractivity contribution is 6.39. The number of hydrogen-bond acceptors (Lipinski definition) is 12. The van der Waals surface area contributed by atoms with Gasteiger partial charge in [0, 0.05) is 27.6 Å². The second kappa shape index (κ2) is 10.1. The number of imide groups is 1. The van der Waals surface area contributed by atoms with Gasteiger partial charge in [-0.15, -0.1) is 0 Å². The third-order valence-corrected chi connectivity index (χ3v) is 8.49. The molecular weight excluding hydrogens is 580 g/mol. The van der Waals surface area contributed by atoms with Crippen LogP contribution in [0.25, 0.3) is 43.6 Å². The molecule has 2 aliphatic rings. The number of ether oxygens (including phenoxy) is 1. The van der Waals surface area contributed by atoms with Crippen LogP contribution in [0.5, 0.6) is 11.5 Å². The Morgan fingerprint density at radius 3 is 2.25 bits per heavy atom. The van der Waals surface area contributed by atoms with Gasteiger partial charge in [0.2, 0.25) is 0 Å². The Kier molecular flexibility index (Phi) is 6.54. The Morgan fingerprint density at radius 2 is 1.57 bits per heavy atom. The number of phenolic OH excluding ortho intramolecular Hbond substituents is 2. The zero-order valence-corrected chi connectivity index (χ0v) is 22.7. The van der Waals surface area contributed by atoms with E-state index < -0.39 is 68.3 Å². The van der Waals surface area contributed by atoms with Gasteiger partial charge in [-0.1, -0.05) is 12.1 Å². The van der Waals surface area contributed by atoms with Crippen LogP contribution in [0, 0.1) is 0 Å². The summed E-state index contributed by atoms with van der Waals surface area (Å²) in [5, 5.41) is 84.6. The molecule has 15 heteroatoms. The number of rotatable bonds is 6. The molecule has 3 aromatic carbocycles. The summed E-state index contributed by atoms with van der Waals surface area (Å²) in [7, 11) is 0. The van der Waals surface area contributed by atoms with E-state index in [0.29, 0.717) is 15.8 Å². The number of benzene rings is 3. The first-order valence-corrected chi connectivity index (χ1v) is 13.8. The van der Waals surface area contributed by atoms with Crippen LogP contribution in [0.4, 0.5) is 0 Å². The van der Waals surface area contributed by atoms with Crippen LogP contribution in [-0.4, -0.2) is 118 Å². The average Bonchev–Trinajstić information content (AvgIpc) is 3.63. The summed E-state index contributed by atoms with van der Waals surface area (Å²) in [6.07, 6.45) is -7.96. The molecule has 1 saturated heterocycles. The minimum Gasteiger partial charge on any atom is -0.508 e. The molecule has 7 rings (SSSR count). The molecule has 10 N–H and O–H groups in total. The highest BCUT2D eigenvalue weighted by Gasteiger charge is 2.47. The van der Waals surface area contributed by atoms with E-state index in [9.17, 15) is 50.4 Å². The molecule has 0 radical (unpaired) electrons. The number of hydrogen-bond donors (Lipinski definition) is 10. The highest BCUT2D eigenvalue weighted by atomic mass is 16.6. The van der Waals surface area contributed by atoms with Gasteiger partial charge < -0.3 is 55.1 Å². The van der Waals surface area contributed by atoms with Crippen molar-refractivity contribution in [1.29, 1.82) is 0 Å². The van der Waals surface area contributed by atoms with Crippen LogP contribution in [0.2, 0.25) is 0 Å². The summed E-state index contributed by atoms with van der Waals surface area (Å²) in [6.45, 7) is -1.89. The molecule has 15 nitrogen and oxygen atoms in total. The van der Waals surface area contributed by atoms with Crippen LogP contribution < -0.4 is 5.43 Å². The van der Waals surface area contributed by atoms with Crippen molar-refractivity contribution in [3.8, 4) is 11.5 Å². The van der Waals surface area contributed by atoms with Gasteiger partial charge in [-0.05, 0) is 18.2 Å². The van der Waals surface area contributed by atoms with Crippen molar-refractivity contribution in [2.75, 3.05) is 19.8 Å². The smallest absolute Gasteiger partial charge is 0.276 e. The number of nitrogens with zero attached hydrogens (tertiary/aromatic N) is 2. The first-order chi connectivity index (χ1) is 21.1. The quantitative estimate of drug-likeness (QED) is 0.107. The minimum atomic E-state index is -1.76. The standard InChI is InChI=1S/C29H28N4O11/c34-7-10(8-35)31-33-27(42)19-17-13-2-1-3-15(38)21(13)30-22(17)23-18(20(19)28(33)43)12-5-4-11(37)6-14(12)32(23)29-26(41)25(40)24(39)16(9-36)44-29/h1-6,10,16,24-26,29-31,34-41H,7-9H2/t16-,24-,25+,26-,29-/m1/s1. The fraction of sp³-hybridized carbons (Fsp3) is 0.310. The number of hydrazine groups is 1. The summed E-state index contributed by atoms with van der Waals surface area (Å²) < 4.78 is 7.33. The second-order valence-corrected chi connectivity index (χ2v) is 11.0. The van der Waals surface area contributed by atoms with Gasteiger partial charge in [-0.25, -0.2) is 10.4 Å². The molecule has 0 spiro atoms. The maximum absolute atomic E-state index is 14.1. The molecule has 4 heterocycles. The normalized spacial score (nSPS) is 24.2. The van der Waals surface area contributed by atoms with Crippen LogP contribution in [0.1, 0.15) is 26.9 Å². The van der Waals surface area contributed by atoms with Gasteiger partial charge in [0.1, 0.15) is 35.9 Å². The van der Waals surface area contributed by atoms with Crippen molar-refractivity contribution in [3.63, 3.8) is 0 Å². The molecule has 5 aromatic rings. The molecular formula is C29H28N4O11. The van der Waals surface area contributed by atoms with Gasteiger partial charge in [0.05, 0.1) is 59.1 Å². The Hall–Kier alpha value is -4.32. The van der Waals surface area contributed by atoms with Gasteiger partial charge in [0.25, 0.3) is 11.8 Å². The average molecular weight is 609 g/mol. The van der Waals surface area contributed by atoms with E-state index in [1.807, 2.05) is 0 Å². The van der Waals surface area contributed by atoms with E-state index in [4.69, 9.17) is 4.74 Å². The van der Waals surface area contributed by atoms with Crippen LogP contribution in [0.15, 0.2) is 36.4 Å². The molecule has 0 saturated carbocycles. The van der Waals surface area contributed by atoms with E-state index in [0.717, 1.165) is 0 Å². The van der Waals surface area contributed by atoms with Crippen molar-refractivity contribution >= 4 is 55.4 Å². The molecule has 44 heavy (non-hydrogen) atoms. The number of phenols is 2. The molecule has 5 atom stereocenters. The number of carbonyl (C=O) groups excluding carboxylic acids is 2. The summed E-state index contributed by atoms with van der Waals surface area (Å²) in [4.78, 5) is 31.2. The molecule has 0 aliphatic carbocycles. The number of aromatic amines is 1.